The van der Waals surface area contributed by atoms with E-state index in [0.29, 0.717) is 13.2 Å². The first-order valence-electron chi connectivity index (χ1n) is 9.19. The molecule has 0 bridgehead atoms. The number of rotatable bonds is 12. The molecule has 6 heteroatoms. The van der Waals surface area contributed by atoms with E-state index in [1.807, 2.05) is 12.1 Å². The maximum atomic E-state index is 5.57. The van der Waals surface area contributed by atoms with Crippen molar-refractivity contribution in [1.29, 1.82) is 0 Å². The zero-order chi connectivity index (χ0) is 17.0. The number of furan rings is 1. The van der Waals surface area contributed by atoms with Gasteiger partial charge in [-0.1, -0.05) is 6.92 Å². The molecule has 136 valence electrons. The molecule has 1 fully saturated rings. The first-order valence-corrected chi connectivity index (χ1v) is 9.19. The van der Waals surface area contributed by atoms with Crippen molar-refractivity contribution in [2.75, 3.05) is 39.3 Å². The summed E-state index contributed by atoms with van der Waals surface area (Å²) in [5.74, 6) is 1.76. The average molecular weight is 336 g/mol. The van der Waals surface area contributed by atoms with Crippen molar-refractivity contribution in [3.8, 4) is 0 Å². The summed E-state index contributed by atoms with van der Waals surface area (Å²) in [6.07, 6.45) is 5.29. The summed E-state index contributed by atoms with van der Waals surface area (Å²) < 4.78 is 10.8. The van der Waals surface area contributed by atoms with Crippen LogP contribution >= 0.6 is 0 Å². The second-order valence-electron chi connectivity index (χ2n) is 6.03. The molecule has 0 aliphatic heterocycles. The summed E-state index contributed by atoms with van der Waals surface area (Å²) in [7, 11) is 0. The molecule has 1 heterocycles. The van der Waals surface area contributed by atoms with Gasteiger partial charge in [0.25, 0.3) is 0 Å². The van der Waals surface area contributed by atoms with Crippen molar-refractivity contribution in [2.45, 2.75) is 45.8 Å². The summed E-state index contributed by atoms with van der Waals surface area (Å²) in [4.78, 5) is 7.14. The van der Waals surface area contributed by atoms with Gasteiger partial charge in [-0.2, -0.15) is 0 Å². The summed E-state index contributed by atoms with van der Waals surface area (Å²) >= 11 is 0. The van der Waals surface area contributed by atoms with E-state index in [2.05, 4.69) is 34.4 Å². The highest BCUT2D eigenvalue weighted by molar-refractivity contribution is 5.79. The van der Waals surface area contributed by atoms with Crippen molar-refractivity contribution in [2.24, 2.45) is 4.99 Å². The second kappa shape index (κ2) is 11.1. The predicted molar refractivity (Wildman–Crippen MR) is 97.2 cm³/mol. The lowest BCUT2D eigenvalue weighted by Gasteiger charge is -2.20. The molecule has 0 unspecified atom stereocenters. The standard InChI is InChI=1S/C18H32N4O2/c1-3-19-18(21-11-12-22(4-2)16-8-9-16)20-10-6-13-23-15-17-7-5-14-24-17/h5,7,14,16H,3-4,6,8-13,15H2,1-2H3,(H2,19,20,21). The number of aliphatic imine (C=N–C) groups is 1. The fourth-order valence-electron chi connectivity index (χ4n) is 2.62. The monoisotopic (exact) mass is 336 g/mol. The summed E-state index contributed by atoms with van der Waals surface area (Å²) in [6.45, 7) is 10.3. The Balaban J connectivity index is 1.57. The Labute approximate surface area is 145 Å². The lowest BCUT2D eigenvalue weighted by Crippen LogP contribution is -2.42. The second-order valence-corrected chi connectivity index (χ2v) is 6.03. The molecular formula is C18H32N4O2. The molecule has 1 aromatic heterocycles. The van der Waals surface area contributed by atoms with Gasteiger partial charge in [0.15, 0.2) is 5.96 Å². The van der Waals surface area contributed by atoms with E-state index in [4.69, 9.17) is 9.15 Å². The average Bonchev–Trinajstić information content (AvgIpc) is 3.30. The van der Waals surface area contributed by atoms with Gasteiger partial charge in [0.05, 0.1) is 6.26 Å². The van der Waals surface area contributed by atoms with Gasteiger partial charge in [0.1, 0.15) is 12.4 Å². The number of hydrogen-bond donors (Lipinski definition) is 2. The van der Waals surface area contributed by atoms with E-state index in [1.165, 1.54) is 12.8 Å². The molecule has 1 saturated carbocycles. The van der Waals surface area contributed by atoms with Crippen molar-refractivity contribution in [3.63, 3.8) is 0 Å². The first kappa shape index (κ1) is 18.8. The number of hydrogen-bond acceptors (Lipinski definition) is 4. The lowest BCUT2D eigenvalue weighted by molar-refractivity contribution is 0.105. The fourth-order valence-corrected chi connectivity index (χ4v) is 2.62. The van der Waals surface area contributed by atoms with Crippen molar-refractivity contribution in [3.05, 3.63) is 24.2 Å². The third-order valence-corrected chi connectivity index (χ3v) is 4.05. The highest BCUT2D eigenvalue weighted by atomic mass is 16.5. The molecular weight excluding hydrogens is 304 g/mol. The molecule has 0 aromatic carbocycles. The molecule has 1 aromatic rings. The molecule has 2 N–H and O–H groups in total. The number of nitrogens with one attached hydrogen (secondary N) is 2. The molecule has 0 spiro atoms. The summed E-state index contributed by atoms with van der Waals surface area (Å²) in [6, 6.07) is 4.62. The van der Waals surface area contributed by atoms with E-state index >= 15 is 0 Å². The smallest absolute Gasteiger partial charge is 0.191 e. The highest BCUT2D eigenvalue weighted by Crippen LogP contribution is 2.25. The van der Waals surface area contributed by atoms with Gasteiger partial charge in [-0.3, -0.25) is 9.89 Å². The third kappa shape index (κ3) is 7.36. The van der Waals surface area contributed by atoms with Gasteiger partial charge >= 0.3 is 0 Å². The SMILES string of the molecule is CCNC(=NCCCOCc1ccco1)NCCN(CC)C1CC1. The van der Waals surface area contributed by atoms with Crippen LogP contribution < -0.4 is 10.6 Å². The molecule has 0 radical (unpaired) electrons. The normalized spacial score (nSPS) is 15.0. The van der Waals surface area contributed by atoms with E-state index in [-0.39, 0.29) is 0 Å². The summed E-state index contributed by atoms with van der Waals surface area (Å²) in [5.41, 5.74) is 0. The molecule has 24 heavy (non-hydrogen) atoms. The zero-order valence-electron chi connectivity index (χ0n) is 15.1. The number of nitrogens with zero attached hydrogens (tertiary/aromatic N) is 2. The van der Waals surface area contributed by atoms with Crippen LogP contribution in [0.5, 0.6) is 0 Å². The molecule has 0 saturated heterocycles. The van der Waals surface area contributed by atoms with E-state index in [0.717, 1.165) is 56.9 Å². The van der Waals surface area contributed by atoms with Crippen LogP contribution in [0.2, 0.25) is 0 Å². The first-order chi connectivity index (χ1) is 11.8. The zero-order valence-corrected chi connectivity index (χ0v) is 15.1. The number of ether oxygens (including phenoxy) is 1. The predicted octanol–water partition coefficient (Wildman–Crippen LogP) is 2.23. The van der Waals surface area contributed by atoms with Crippen LogP contribution in [0.15, 0.2) is 27.8 Å². The van der Waals surface area contributed by atoms with Crippen LogP contribution in [0.3, 0.4) is 0 Å². The fraction of sp³-hybridized carbons (Fsp3) is 0.722. The summed E-state index contributed by atoms with van der Waals surface area (Å²) in [5, 5.41) is 6.72. The van der Waals surface area contributed by atoms with Gasteiger partial charge in [0.2, 0.25) is 0 Å². The maximum Gasteiger partial charge on any atom is 0.191 e. The Morgan fingerprint density at radius 2 is 2.25 bits per heavy atom. The minimum absolute atomic E-state index is 0.531. The van der Waals surface area contributed by atoms with E-state index in [1.54, 1.807) is 6.26 Å². The van der Waals surface area contributed by atoms with Gasteiger partial charge in [-0.05, 0) is 44.9 Å². The molecule has 1 aliphatic rings. The highest BCUT2D eigenvalue weighted by Gasteiger charge is 2.27. The number of guanidine groups is 1. The molecule has 6 nitrogen and oxygen atoms in total. The van der Waals surface area contributed by atoms with Crippen LogP contribution in [-0.4, -0.2) is 56.2 Å². The minimum atomic E-state index is 0.531. The topological polar surface area (TPSA) is 62.0 Å². The Morgan fingerprint density at radius 1 is 1.38 bits per heavy atom. The van der Waals surface area contributed by atoms with E-state index < -0.39 is 0 Å². The van der Waals surface area contributed by atoms with Crippen LogP contribution in [-0.2, 0) is 11.3 Å². The van der Waals surface area contributed by atoms with Crippen molar-refractivity contribution in [1.82, 2.24) is 15.5 Å². The van der Waals surface area contributed by atoms with Gasteiger partial charge < -0.3 is 19.8 Å². The third-order valence-electron chi connectivity index (χ3n) is 4.05. The number of likely N-dealkylation sites (N-methyl/N-ethyl adjacent to an activating group) is 1. The van der Waals surface area contributed by atoms with Gasteiger partial charge in [-0.25, -0.2) is 0 Å². The Kier molecular flexibility index (Phi) is 8.70. The Bertz CT molecular complexity index is 458. The van der Waals surface area contributed by atoms with Crippen molar-refractivity contribution >= 4 is 5.96 Å². The van der Waals surface area contributed by atoms with E-state index in [9.17, 15) is 0 Å². The van der Waals surface area contributed by atoms with Crippen LogP contribution in [0.1, 0.15) is 38.9 Å². The van der Waals surface area contributed by atoms with Crippen molar-refractivity contribution < 1.29 is 9.15 Å². The van der Waals surface area contributed by atoms with Gasteiger partial charge in [0, 0.05) is 38.8 Å². The van der Waals surface area contributed by atoms with Crippen LogP contribution in [0.4, 0.5) is 0 Å². The molecule has 0 atom stereocenters. The lowest BCUT2D eigenvalue weighted by atomic mass is 10.4. The molecule has 1 aliphatic carbocycles. The van der Waals surface area contributed by atoms with Gasteiger partial charge in [-0.15, -0.1) is 0 Å². The van der Waals surface area contributed by atoms with Crippen LogP contribution in [0, 0.1) is 0 Å². The Hall–Kier alpha value is -1.53. The quantitative estimate of drug-likeness (QED) is 0.348. The molecule has 0 amide bonds. The van der Waals surface area contributed by atoms with Crippen LogP contribution in [0.25, 0.3) is 0 Å². The minimum Gasteiger partial charge on any atom is -0.467 e. The Morgan fingerprint density at radius 3 is 2.92 bits per heavy atom. The molecule has 2 rings (SSSR count). The largest absolute Gasteiger partial charge is 0.467 e. The maximum absolute atomic E-state index is 5.57.